The normalized spacial score (nSPS) is 28.9. The molecule has 1 aliphatic carbocycles. The van der Waals surface area contributed by atoms with Crippen molar-refractivity contribution < 1.29 is 4.79 Å². The van der Waals surface area contributed by atoms with Gasteiger partial charge in [-0.2, -0.15) is 0 Å². The van der Waals surface area contributed by atoms with E-state index in [0.717, 1.165) is 25.4 Å². The molecule has 1 fully saturated rings. The van der Waals surface area contributed by atoms with Crippen LogP contribution in [0.25, 0.3) is 0 Å². The maximum Gasteiger partial charge on any atom is 0.237 e. The topological polar surface area (TPSA) is 41.1 Å². The van der Waals surface area contributed by atoms with Crippen molar-refractivity contribution in [1.29, 1.82) is 0 Å². The molecular weight excluding hydrogens is 248 g/mol. The molecule has 3 heteroatoms. The van der Waals surface area contributed by atoms with Gasteiger partial charge >= 0.3 is 0 Å². The standard InChI is InChI=1S/C17H24N2O/c1-12-5-4-8-14(12)10-19-17(20)16-9-13-6-2-3-7-15(13)11-18-16/h2-3,6-7,12,14,16,18H,4-5,8-11H2,1H3,(H,19,20)/t12?,14?,16-/m1/s1. The van der Waals surface area contributed by atoms with Gasteiger partial charge in [-0.3, -0.25) is 4.79 Å². The maximum absolute atomic E-state index is 12.3. The first-order chi connectivity index (χ1) is 9.74. The predicted octanol–water partition coefficient (Wildman–Crippen LogP) is 2.25. The van der Waals surface area contributed by atoms with E-state index in [2.05, 4.69) is 41.8 Å². The second kappa shape index (κ2) is 5.96. The molecule has 1 saturated carbocycles. The van der Waals surface area contributed by atoms with Gasteiger partial charge in [-0.25, -0.2) is 0 Å². The van der Waals surface area contributed by atoms with Crippen LogP contribution in [0.1, 0.15) is 37.3 Å². The van der Waals surface area contributed by atoms with Crippen molar-refractivity contribution in [1.82, 2.24) is 10.6 Å². The third-order valence-electron chi connectivity index (χ3n) is 4.98. The summed E-state index contributed by atoms with van der Waals surface area (Å²) in [6.45, 7) is 3.95. The fraction of sp³-hybridized carbons (Fsp3) is 0.588. The highest BCUT2D eigenvalue weighted by atomic mass is 16.2. The summed E-state index contributed by atoms with van der Waals surface area (Å²) in [5, 5.41) is 6.50. The molecule has 1 heterocycles. The zero-order chi connectivity index (χ0) is 13.9. The number of nitrogens with one attached hydrogen (secondary N) is 2. The van der Waals surface area contributed by atoms with E-state index in [4.69, 9.17) is 0 Å². The van der Waals surface area contributed by atoms with Crippen molar-refractivity contribution >= 4 is 5.91 Å². The molecular formula is C17H24N2O. The van der Waals surface area contributed by atoms with E-state index >= 15 is 0 Å². The average molecular weight is 272 g/mol. The van der Waals surface area contributed by atoms with Gasteiger partial charge in [-0.15, -0.1) is 0 Å². The zero-order valence-corrected chi connectivity index (χ0v) is 12.2. The molecule has 108 valence electrons. The molecule has 2 N–H and O–H groups in total. The van der Waals surface area contributed by atoms with E-state index in [1.165, 1.54) is 30.4 Å². The Morgan fingerprint density at radius 2 is 2.10 bits per heavy atom. The van der Waals surface area contributed by atoms with Crippen molar-refractivity contribution in [2.45, 2.75) is 45.2 Å². The van der Waals surface area contributed by atoms with Crippen LogP contribution in [-0.4, -0.2) is 18.5 Å². The fourth-order valence-corrected chi connectivity index (χ4v) is 3.52. The summed E-state index contributed by atoms with van der Waals surface area (Å²) in [5.41, 5.74) is 2.63. The Kier molecular flexibility index (Phi) is 4.06. The minimum absolute atomic E-state index is 0.0680. The van der Waals surface area contributed by atoms with E-state index in [1.54, 1.807) is 0 Å². The average Bonchev–Trinajstić information content (AvgIpc) is 2.89. The second-order valence-electron chi connectivity index (χ2n) is 6.32. The van der Waals surface area contributed by atoms with Crippen molar-refractivity contribution in [3.05, 3.63) is 35.4 Å². The Labute approximate surface area is 121 Å². The highest BCUT2D eigenvalue weighted by molar-refractivity contribution is 5.82. The van der Waals surface area contributed by atoms with Gasteiger partial charge in [0.15, 0.2) is 0 Å². The number of rotatable bonds is 3. The summed E-state index contributed by atoms with van der Waals surface area (Å²) >= 11 is 0. The maximum atomic E-state index is 12.3. The molecule has 1 aromatic carbocycles. The van der Waals surface area contributed by atoms with Crippen LogP contribution in [-0.2, 0) is 17.8 Å². The number of benzene rings is 1. The minimum atomic E-state index is -0.0680. The van der Waals surface area contributed by atoms with E-state index in [0.29, 0.717) is 5.92 Å². The predicted molar refractivity (Wildman–Crippen MR) is 80.3 cm³/mol. The molecule has 0 spiro atoms. The van der Waals surface area contributed by atoms with Gasteiger partial charge in [0.2, 0.25) is 5.91 Å². The molecule has 2 aliphatic rings. The molecule has 20 heavy (non-hydrogen) atoms. The third-order valence-corrected chi connectivity index (χ3v) is 4.98. The monoisotopic (exact) mass is 272 g/mol. The fourth-order valence-electron chi connectivity index (χ4n) is 3.52. The quantitative estimate of drug-likeness (QED) is 0.886. The highest BCUT2D eigenvalue weighted by Crippen LogP contribution is 2.30. The first-order valence-corrected chi connectivity index (χ1v) is 7.82. The Balaban J connectivity index is 1.54. The summed E-state index contributed by atoms with van der Waals surface area (Å²) < 4.78 is 0. The molecule has 3 nitrogen and oxygen atoms in total. The lowest BCUT2D eigenvalue weighted by Gasteiger charge is -2.26. The second-order valence-corrected chi connectivity index (χ2v) is 6.32. The van der Waals surface area contributed by atoms with Crippen LogP contribution in [0, 0.1) is 11.8 Å². The molecule has 1 amide bonds. The van der Waals surface area contributed by atoms with Crippen LogP contribution in [0.5, 0.6) is 0 Å². The number of amides is 1. The molecule has 3 atom stereocenters. The van der Waals surface area contributed by atoms with Crippen molar-refractivity contribution in [2.75, 3.05) is 6.54 Å². The molecule has 0 bridgehead atoms. The number of hydrogen-bond donors (Lipinski definition) is 2. The van der Waals surface area contributed by atoms with Gasteiger partial charge in [0.05, 0.1) is 6.04 Å². The van der Waals surface area contributed by atoms with Gasteiger partial charge in [0.1, 0.15) is 0 Å². The smallest absolute Gasteiger partial charge is 0.237 e. The number of carbonyl (C=O) groups is 1. The van der Waals surface area contributed by atoms with E-state index < -0.39 is 0 Å². The van der Waals surface area contributed by atoms with Gasteiger partial charge in [0, 0.05) is 13.1 Å². The lowest BCUT2D eigenvalue weighted by Crippen LogP contribution is -2.48. The number of carbonyl (C=O) groups excluding carboxylic acids is 1. The number of fused-ring (bicyclic) bond motifs is 1. The van der Waals surface area contributed by atoms with Crippen LogP contribution in [0.3, 0.4) is 0 Å². The van der Waals surface area contributed by atoms with Gasteiger partial charge in [0.25, 0.3) is 0 Å². The van der Waals surface area contributed by atoms with E-state index in [-0.39, 0.29) is 11.9 Å². The summed E-state index contributed by atoms with van der Waals surface area (Å²) in [5.74, 6) is 1.60. The molecule has 0 radical (unpaired) electrons. The van der Waals surface area contributed by atoms with Crippen LogP contribution in [0.15, 0.2) is 24.3 Å². The van der Waals surface area contributed by atoms with Crippen LogP contribution in [0.4, 0.5) is 0 Å². The Morgan fingerprint density at radius 1 is 1.30 bits per heavy atom. The Morgan fingerprint density at radius 3 is 2.85 bits per heavy atom. The van der Waals surface area contributed by atoms with E-state index in [9.17, 15) is 4.79 Å². The highest BCUT2D eigenvalue weighted by Gasteiger charge is 2.27. The van der Waals surface area contributed by atoms with Crippen LogP contribution < -0.4 is 10.6 Å². The lowest BCUT2D eigenvalue weighted by atomic mass is 9.95. The van der Waals surface area contributed by atoms with Gasteiger partial charge < -0.3 is 10.6 Å². The summed E-state index contributed by atoms with van der Waals surface area (Å²) in [6, 6.07) is 8.31. The summed E-state index contributed by atoms with van der Waals surface area (Å²) in [7, 11) is 0. The van der Waals surface area contributed by atoms with Crippen molar-refractivity contribution in [3.8, 4) is 0 Å². The SMILES string of the molecule is CC1CCCC1CNC(=O)[C@H]1Cc2ccccc2CN1. The molecule has 3 rings (SSSR count). The summed E-state index contributed by atoms with van der Waals surface area (Å²) in [6.07, 6.45) is 4.71. The molecule has 2 unspecified atom stereocenters. The van der Waals surface area contributed by atoms with E-state index in [1.807, 2.05) is 0 Å². The van der Waals surface area contributed by atoms with Crippen molar-refractivity contribution in [3.63, 3.8) is 0 Å². The first kappa shape index (κ1) is 13.6. The largest absolute Gasteiger partial charge is 0.354 e. The third kappa shape index (κ3) is 2.88. The molecule has 0 saturated heterocycles. The molecule has 1 aliphatic heterocycles. The van der Waals surface area contributed by atoms with Crippen LogP contribution >= 0.6 is 0 Å². The summed E-state index contributed by atoms with van der Waals surface area (Å²) in [4.78, 5) is 12.3. The van der Waals surface area contributed by atoms with Gasteiger partial charge in [-0.1, -0.05) is 44.0 Å². The molecule has 0 aromatic heterocycles. The zero-order valence-electron chi connectivity index (χ0n) is 12.2. The van der Waals surface area contributed by atoms with Gasteiger partial charge in [-0.05, 0) is 35.8 Å². The first-order valence-electron chi connectivity index (χ1n) is 7.82. The minimum Gasteiger partial charge on any atom is -0.354 e. The van der Waals surface area contributed by atoms with Crippen LogP contribution in [0.2, 0.25) is 0 Å². The lowest BCUT2D eigenvalue weighted by molar-refractivity contribution is -0.123. The Hall–Kier alpha value is -1.35. The molecule has 1 aromatic rings. The number of hydrogen-bond acceptors (Lipinski definition) is 2. The Bertz CT molecular complexity index is 486. The van der Waals surface area contributed by atoms with Crippen molar-refractivity contribution in [2.24, 2.45) is 11.8 Å².